The first-order valence-electron chi connectivity index (χ1n) is 11.8. The summed E-state index contributed by atoms with van der Waals surface area (Å²) in [6.45, 7) is 0. The third-order valence-corrected chi connectivity index (χ3v) is 6.11. The van der Waals surface area contributed by atoms with Crippen molar-refractivity contribution >= 4 is 23.4 Å². The zero-order valence-electron chi connectivity index (χ0n) is 20.4. The predicted octanol–water partition coefficient (Wildman–Crippen LogP) is 6.80. The van der Waals surface area contributed by atoms with Gasteiger partial charge in [-0.3, -0.25) is 0 Å². The second-order valence-corrected chi connectivity index (χ2v) is 8.53. The van der Waals surface area contributed by atoms with Crippen LogP contribution in [0.4, 0.5) is 21.0 Å². The van der Waals surface area contributed by atoms with Crippen molar-refractivity contribution in [3.8, 4) is 0 Å². The van der Waals surface area contributed by atoms with Crippen LogP contribution in [-0.4, -0.2) is 36.0 Å². The van der Waals surface area contributed by atoms with Crippen LogP contribution in [0.15, 0.2) is 121 Å². The molecule has 4 rings (SSSR count). The van der Waals surface area contributed by atoms with Crippen molar-refractivity contribution in [1.82, 2.24) is 9.80 Å². The van der Waals surface area contributed by atoms with Gasteiger partial charge in [0.1, 0.15) is 0 Å². The molecule has 36 heavy (non-hydrogen) atoms. The highest BCUT2D eigenvalue weighted by Gasteiger charge is 2.36. The number of para-hydroxylation sites is 2. The molecule has 0 bridgehead atoms. The van der Waals surface area contributed by atoms with Gasteiger partial charge in [0.2, 0.25) is 0 Å². The van der Waals surface area contributed by atoms with E-state index in [2.05, 4.69) is 10.6 Å². The Bertz CT molecular complexity index is 1150. The molecule has 0 unspecified atom stereocenters. The van der Waals surface area contributed by atoms with E-state index < -0.39 is 12.1 Å². The molecule has 4 aromatic rings. The fourth-order valence-electron chi connectivity index (χ4n) is 4.25. The number of benzene rings is 4. The average Bonchev–Trinajstić information content (AvgIpc) is 2.93. The van der Waals surface area contributed by atoms with Gasteiger partial charge in [0.15, 0.2) is 0 Å². The minimum absolute atomic E-state index is 0.271. The van der Waals surface area contributed by atoms with Gasteiger partial charge >= 0.3 is 12.1 Å². The molecule has 0 aliphatic heterocycles. The van der Waals surface area contributed by atoms with E-state index in [1.54, 1.807) is 23.9 Å². The van der Waals surface area contributed by atoms with E-state index in [4.69, 9.17) is 0 Å². The number of hydrogen-bond acceptors (Lipinski definition) is 2. The minimum atomic E-state index is -0.469. The average molecular weight is 479 g/mol. The minimum Gasteiger partial charge on any atom is -0.318 e. The number of carbonyl (C=O) groups is 2. The van der Waals surface area contributed by atoms with Gasteiger partial charge < -0.3 is 20.4 Å². The third-order valence-electron chi connectivity index (χ3n) is 6.11. The van der Waals surface area contributed by atoms with E-state index in [0.29, 0.717) is 11.4 Å². The highest BCUT2D eigenvalue weighted by molar-refractivity contribution is 5.91. The maximum atomic E-state index is 13.4. The maximum Gasteiger partial charge on any atom is 0.322 e. The molecule has 0 aliphatic rings. The number of rotatable bonds is 7. The molecule has 2 N–H and O–H groups in total. The predicted molar refractivity (Wildman–Crippen MR) is 145 cm³/mol. The second kappa shape index (κ2) is 11.7. The Labute approximate surface area is 212 Å². The van der Waals surface area contributed by atoms with Crippen LogP contribution in [0.1, 0.15) is 23.2 Å². The van der Waals surface area contributed by atoms with Crippen LogP contribution >= 0.6 is 0 Å². The molecule has 4 aromatic carbocycles. The third kappa shape index (κ3) is 5.91. The lowest BCUT2D eigenvalue weighted by atomic mass is 9.91. The number of urea groups is 2. The zero-order valence-corrected chi connectivity index (χ0v) is 20.4. The topological polar surface area (TPSA) is 64.7 Å². The molecule has 4 amide bonds. The van der Waals surface area contributed by atoms with E-state index >= 15 is 0 Å². The van der Waals surface area contributed by atoms with Crippen LogP contribution in [0.3, 0.4) is 0 Å². The molecule has 0 aliphatic carbocycles. The largest absolute Gasteiger partial charge is 0.322 e. The first-order valence-corrected chi connectivity index (χ1v) is 11.8. The molecule has 0 radical (unpaired) electrons. The molecule has 0 saturated heterocycles. The van der Waals surface area contributed by atoms with Crippen LogP contribution in [0.5, 0.6) is 0 Å². The molecular formula is C30H30N4O2. The molecular weight excluding hydrogens is 448 g/mol. The van der Waals surface area contributed by atoms with Gasteiger partial charge in [-0.15, -0.1) is 0 Å². The molecule has 6 heteroatoms. The lowest BCUT2D eigenvalue weighted by molar-refractivity contribution is 0.141. The Hall–Kier alpha value is -4.58. The van der Waals surface area contributed by atoms with Gasteiger partial charge in [-0.05, 0) is 35.4 Å². The summed E-state index contributed by atoms with van der Waals surface area (Å²) in [5.41, 5.74) is 3.23. The van der Waals surface area contributed by atoms with Crippen LogP contribution in [0, 0.1) is 0 Å². The van der Waals surface area contributed by atoms with Crippen molar-refractivity contribution in [3.05, 3.63) is 132 Å². The maximum absolute atomic E-state index is 13.4. The lowest BCUT2D eigenvalue weighted by Crippen LogP contribution is -2.45. The fraction of sp³-hybridized carbons (Fsp3) is 0.133. The molecule has 6 nitrogen and oxygen atoms in total. The smallest absolute Gasteiger partial charge is 0.318 e. The number of likely N-dealkylation sites (N-methyl/N-ethyl adjacent to an activating group) is 2. The van der Waals surface area contributed by atoms with Crippen molar-refractivity contribution < 1.29 is 9.59 Å². The van der Waals surface area contributed by atoms with Crippen LogP contribution in [0.2, 0.25) is 0 Å². The van der Waals surface area contributed by atoms with Crippen molar-refractivity contribution in [3.63, 3.8) is 0 Å². The SMILES string of the molecule is CN(C(=O)Nc1ccccc1)[C@H](c1ccccc1)[C@@H](c1ccccc1)N(C)C(=O)Nc1ccccc1. The van der Waals surface area contributed by atoms with Gasteiger partial charge in [0, 0.05) is 25.5 Å². The molecule has 2 atom stereocenters. The summed E-state index contributed by atoms with van der Waals surface area (Å²) < 4.78 is 0. The molecule has 0 spiro atoms. The summed E-state index contributed by atoms with van der Waals surface area (Å²) in [5, 5.41) is 5.95. The molecule has 0 heterocycles. The standard InChI is InChI=1S/C30H30N4O2/c1-33(29(35)31-25-19-11-5-12-20-25)27(23-15-7-3-8-16-23)28(24-17-9-4-10-18-24)34(2)30(36)32-26-21-13-6-14-22-26/h3-22,27-28H,1-2H3,(H,31,35)(H,32,36)/t27-,28-/m1/s1. The zero-order chi connectivity index (χ0) is 25.3. The number of carbonyl (C=O) groups excluding carboxylic acids is 2. The first-order chi connectivity index (χ1) is 17.5. The van der Waals surface area contributed by atoms with E-state index in [-0.39, 0.29) is 12.1 Å². The molecule has 0 fully saturated rings. The molecule has 0 aromatic heterocycles. The van der Waals surface area contributed by atoms with Gasteiger partial charge in [-0.1, -0.05) is 97.1 Å². The Morgan fingerprint density at radius 1 is 0.500 bits per heavy atom. The Morgan fingerprint density at radius 3 is 1.08 bits per heavy atom. The van der Waals surface area contributed by atoms with Gasteiger partial charge in [0.05, 0.1) is 12.1 Å². The summed E-state index contributed by atoms with van der Waals surface area (Å²) in [5.74, 6) is 0. The summed E-state index contributed by atoms with van der Waals surface area (Å²) in [6.07, 6.45) is 0. The van der Waals surface area contributed by atoms with Crippen LogP contribution in [-0.2, 0) is 0 Å². The van der Waals surface area contributed by atoms with E-state index in [0.717, 1.165) is 11.1 Å². The van der Waals surface area contributed by atoms with Gasteiger partial charge in [-0.25, -0.2) is 9.59 Å². The highest BCUT2D eigenvalue weighted by Crippen LogP contribution is 2.38. The number of nitrogens with zero attached hydrogens (tertiary/aromatic N) is 2. The first kappa shape index (κ1) is 24.5. The van der Waals surface area contributed by atoms with Crippen LogP contribution < -0.4 is 10.6 Å². The monoisotopic (exact) mass is 478 g/mol. The normalized spacial score (nSPS) is 12.2. The quantitative estimate of drug-likeness (QED) is 0.307. The van der Waals surface area contributed by atoms with Crippen molar-refractivity contribution in [2.24, 2.45) is 0 Å². The number of nitrogens with one attached hydrogen (secondary N) is 2. The Balaban J connectivity index is 1.72. The lowest BCUT2D eigenvalue weighted by Gasteiger charge is -2.40. The molecule has 0 saturated carbocycles. The van der Waals surface area contributed by atoms with Crippen molar-refractivity contribution in [1.29, 1.82) is 0 Å². The Morgan fingerprint density at radius 2 is 0.778 bits per heavy atom. The van der Waals surface area contributed by atoms with Crippen molar-refractivity contribution in [2.45, 2.75) is 12.1 Å². The van der Waals surface area contributed by atoms with Gasteiger partial charge in [0.25, 0.3) is 0 Å². The fourth-order valence-corrected chi connectivity index (χ4v) is 4.25. The number of anilines is 2. The summed E-state index contributed by atoms with van der Waals surface area (Å²) in [6, 6.07) is 36.8. The summed E-state index contributed by atoms with van der Waals surface area (Å²) >= 11 is 0. The van der Waals surface area contributed by atoms with E-state index in [9.17, 15) is 9.59 Å². The van der Waals surface area contributed by atoms with Crippen LogP contribution in [0.25, 0.3) is 0 Å². The Kier molecular flexibility index (Phi) is 7.98. The highest BCUT2D eigenvalue weighted by atomic mass is 16.2. The van der Waals surface area contributed by atoms with Crippen molar-refractivity contribution in [2.75, 3.05) is 24.7 Å². The van der Waals surface area contributed by atoms with E-state index in [1.165, 1.54) is 0 Å². The number of amides is 4. The van der Waals surface area contributed by atoms with E-state index in [1.807, 2.05) is 121 Å². The second-order valence-electron chi connectivity index (χ2n) is 8.53. The summed E-state index contributed by atoms with van der Waals surface area (Å²) in [4.78, 5) is 30.2. The number of hydrogen-bond donors (Lipinski definition) is 2. The summed E-state index contributed by atoms with van der Waals surface area (Å²) in [7, 11) is 3.52. The molecule has 182 valence electrons. The van der Waals surface area contributed by atoms with Gasteiger partial charge in [-0.2, -0.15) is 0 Å².